The number of nitrogens with one attached hydrogen (secondary N) is 2. The van der Waals surface area contributed by atoms with E-state index in [0.29, 0.717) is 0 Å². The number of non-ortho nitro benzene ring substituents is 2. The Morgan fingerprint density at radius 1 is 0.914 bits per heavy atom. The molecule has 16 heteroatoms. The van der Waals surface area contributed by atoms with Crippen LogP contribution in [0.5, 0.6) is 11.9 Å². The molecule has 1 aromatic heterocycles. The molecule has 1 heterocycles. The average Bonchev–Trinajstić information content (AvgIpc) is 2.83. The Morgan fingerprint density at radius 2 is 1.51 bits per heavy atom. The van der Waals surface area contributed by atoms with E-state index in [4.69, 9.17) is 9.47 Å². The minimum Gasteiger partial charge on any atom is -0.481 e. The zero-order chi connectivity index (χ0) is 25.8. The lowest BCUT2D eigenvalue weighted by atomic mass is 10.1. The maximum absolute atomic E-state index is 12.7. The highest BCUT2D eigenvalue weighted by Gasteiger charge is 2.21. The van der Waals surface area contributed by atoms with Crippen LogP contribution in [0.1, 0.15) is 10.4 Å². The molecule has 15 nitrogen and oxygen atoms in total. The minimum absolute atomic E-state index is 0.0639. The van der Waals surface area contributed by atoms with Crippen LogP contribution in [0.4, 0.5) is 22.9 Å². The third-order valence-corrected chi connectivity index (χ3v) is 5.69. The molecule has 0 radical (unpaired) electrons. The predicted molar refractivity (Wildman–Crippen MR) is 120 cm³/mol. The van der Waals surface area contributed by atoms with E-state index in [2.05, 4.69) is 20.0 Å². The number of ether oxygens (including phenoxy) is 2. The molecule has 1 amide bonds. The monoisotopic (exact) mass is 504 g/mol. The highest BCUT2D eigenvalue weighted by atomic mass is 32.2. The maximum atomic E-state index is 12.7. The quantitative estimate of drug-likeness (QED) is 0.319. The van der Waals surface area contributed by atoms with Crippen molar-refractivity contribution in [2.24, 2.45) is 0 Å². The van der Waals surface area contributed by atoms with Gasteiger partial charge in [0.05, 0.1) is 40.6 Å². The van der Waals surface area contributed by atoms with Crippen LogP contribution >= 0.6 is 0 Å². The minimum atomic E-state index is -4.10. The molecular weight excluding hydrogens is 488 g/mol. The molecule has 0 atom stereocenters. The number of hydrogen-bond donors (Lipinski definition) is 2. The maximum Gasteiger partial charge on any atom is 0.321 e. The number of carbonyl (C=O) groups is 1. The summed E-state index contributed by atoms with van der Waals surface area (Å²) in [6.45, 7) is 0. The van der Waals surface area contributed by atoms with Crippen molar-refractivity contribution in [3.63, 3.8) is 0 Å². The highest BCUT2D eigenvalue weighted by molar-refractivity contribution is 7.92. The van der Waals surface area contributed by atoms with Crippen molar-refractivity contribution in [3.8, 4) is 11.9 Å². The molecule has 2 N–H and O–H groups in total. The molecule has 3 rings (SSSR count). The fraction of sp³-hybridized carbons (Fsp3) is 0.105. The van der Waals surface area contributed by atoms with Gasteiger partial charge in [-0.25, -0.2) is 8.42 Å². The average molecular weight is 504 g/mol. The van der Waals surface area contributed by atoms with E-state index in [1.807, 2.05) is 0 Å². The lowest BCUT2D eigenvalue weighted by Gasteiger charge is -2.10. The van der Waals surface area contributed by atoms with Crippen LogP contribution in [0.3, 0.4) is 0 Å². The van der Waals surface area contributed by atoms with Gasteiger partial charge in [-0.2, -0.15) is 9.97 Å². The SMILES string of the molecule is COc1cc(NS(=O)(=O)c2ccc(NC(=O)c3cc([N+](=O)[O-])cc([N+](=O)[O-])c3)cc2)nc(OC)n1. The Labute approximate surface area is 197 Å². The summed E-state index contributed by atoms with van der Waals surface area (Å²) in [6, 6.07) is 8.51. The largest absolute Gasteiger partial charge is 0.481 e. The summed E-state index contributed by atoms with van der Waals surface area (Å²) >= 11 is 0. The molecular formula is C19H16N6O9S. The van der Waals surface area contributed by atoms with Crippen LogP contribution in [-0.4, -0.2) is 48.4 Å². The molecule has 0 bridgehead atoms. The van der Waals surface area contributed by atoms with Crippen LogP contribution in [0, 0.1) is 20.2 Å². The standard InChI is InChI=1S/C19H16N6O9S/c1-33-17-10-16(21-19(22-17)34-2)23-35(31,32)15-5-3-12(4-6-15)20-18(26)11-7-13(24(27)28)9-14(8-11)25(29)30/h3-10H,1-2H3,(H,20,26)(H,21,22,23). The summed E-state index contributed by atoms with van der Waals surface area (Å²) in [5, 5.41) is 24.4. The Balaban J connectivity index is 1.80. The molecule has 0 fully saturated rings. The van der Waals surface area contributed by atoms with Gasteiger partial charge in [-0.3, -0.25) is 29.7 Å². The number of nitrogens with zero attached hydrogens (tertiary/aromatic N) is 4. The van der Waals surface area contributed by atoms with Gasteiger partial charge in [-0.1, -0.05) is 0 Å². The topological polar surface area (TPSA) is 206 Å². The van der Waals surface area contributed by atoms with Crippen molar-refractivity contribution in [1.29, 1.82) is 0 Å². The van der Waals surface area contributed by atoms with E-state index < -0.39 is 37.2 Å². The van der Waals surface area contributed by atoms with Crippen LogP contribution in [-0.2, 0) is 10.0 Å². The number of nitro benzene ring substituents is 2. The summed E-state index contributed by atoms with van der Waals surface area (Å²) in [7, 11) is -1.48. The van der Waals surface area contributed by atoms with Gasteiger partial charge in [0.2, 0.25) is 5.88 Å². The lowest BCUT2D eigenvalue weighted by molar-refractivity contribution is -0.394. The fourth-order valence-corrected chi connectivity index (χ4v) is 3.70. The molecule has 35 heavy (non-hydrogen) atoms. The number of benzene rings is 2. The van der Waals surface area contributed by atoms with Gasteiger partial charge >= 0.3 is 6.01 Å². The third-order valence-electron chi connectivity index (χ3n) is 4.32. The van der Waals surface area contributed by atoms with E-state index in [-0.39, 0.29) is 33.9 Å². The van der Waals surface area contributed by atoms with Gasteiger partial charge in [0.1, 0.15) is 0 Å². The van der Waals surface area contributed by atoms with Gasteiger partial charge in [0.25, 0.3) is 27.3 Å². The molecule has 0 aliphatic heterocycles. The second-order valence-corrected chi connectivity index (χ2v) is 8.30. The van der Waals surface area contributed by atoms with E-state index in [0.717, 1.165) is 18.2 Å². The highest BCUT2D eigenvalue weighted by Crippen LogP contribution is 2.25. The number of aromatic nitrogens is 2. The second kappa shape index (κ2) is 9.96. The summed E-state index contributed by atoms with van der Waals surface area (Å²) in [6.07, 6.45) is 0. The van der Waals surface area contributed by atoms with E-state index in [1.165, 1.54) is 44.6 Å². The van der Waals surface area contributed by atoms with Gasteiger partial charge in [-0.15, -0.1) is 0 Å². The zero-order valence-corrected chi connectivity index (χ0v) is 18.8. The number of nitro groups is 2. The summed E-state index contributed by atoms with van der Waals surface area (Å²) < 4.78 is 37.5. The lowest BCUT2D eigenvalue weighted by Crippen LogP contribution is -2.15. The molecule has 0 saturated heterocycles. The van der Waals surface area contributed by atoms with Gasteiger partial charge < -0.3 is 14.8 Å². The van der Waals surface area contributed by atoms with E-state index in [9.17, 15) is 33.4 Å². The van der Waals surface area contributed by atoms with Crippen molar-refractivity contribution in [2.45, 2.75) is 4.90 Å². The number of sulfonamides is 1. The van der Waals surface area contributed by atoms with Gasteiger partial charge in [-0.05, 0) is 24.3 Å². The normalized spacial score (nSPS) is 10.8. The summed E-state index contributed by atoms with van der Waals surface area (Å²) in [5.41, 5.74) is -1.45. The molecule has 182 valence electrons. The smallest absolute Gasteiger partial charge is 0.321 e. The van der Waals surface area contributed by atoms with Crippen LogP contribution in [0.2, 0.25) is 0 Å². The number of amides is 1. The van der Waals surface area contributed by atoms with Crippen LogP contribution in [0.25, 0.3) is 0 Å². The second-order valence-electron chi connectivity index (χ2n) is 6.62. The number of hydrogen-bond acceptors (Lipinski definition) is 11. The van der Waals surface area contributed by atoms with Gasteiger partial charge in [0, 0.05) is 23.9 Å². The molecule has 0 saturated carbocycles. The van der Waals surface area contributed by atoms with Crippen molar-refractivity contribution in [2.75, 3.05) is 24.3 Å². The first kappa shape index (κ1) is 24.8. The Hall–Kier alpha value is -4.86. The van der Waals surface area contributed by atoms with Crippen molar-refractivity contribution in [3.05, 3.63) is 74.3 Å². The van der Waals surface area contributed by atoms with Crippen LogP contribution in [0.15, 0.2) is 53.4 Å². The molecule has 0 spiro atoms. The molecule has 2 aromatic carbocycles. The molecule has 0 aliphatic rings. The molecule has 3 aromatic rings. The van der Waals surface area contributed by atoms with Crippen LogP contribution < -0.4 is 19.5 Å². The van der Waals surface area contributed by atoms with E-state index >= 15 is 0 Å². The van der Waals surface area contributed by atoms with E-state index in [1.54, 1.807) is 0 Å². The van der Waals surface area contributed by atoms with Crippen molar-refractivity contribution < 1.29 is 32.5 Å². The fourth-order valence-electron chi connectivity index (χ4n) is 2.71. The summed E-state index contributed by atoms with van der Waals surface area (Å²) in [4.78, 5) is 40.3. The predicted octanol–water partition coefficient (Wildman–Crippen LogP) is 2.36. The van der Waals surface area contributed by atoms with Crippen molar-refractivity contribution in [1.82, 2.24) is 9.97 Å². The molecule has 0 unspecified atom stereocenters. The first-order valence-electron chi connectivity index (χ1n) is 9.37. The Morgan fingerprint density at radius 3 is 2.03 bits per heavy atom. The third kappa shape index (κ3) is 5.93. The Bertz CT molecular complexity index is 1360. The zero-order valence-electron chi connectivity index (χ0n) is 18.0. The Kier molecular flexibility index (Phi) is 7.05. The van der Waals surface area contributed by atoms with Crippen molar-refractivity contribution >= 4 is 38.8 Å². The first-order valence-corrected chi connectivity index (χ1v) is 10.9. The number of carbonyl (C=O) groups excluding carboxylic acids is 1. The van der Waals surface area contributed by atoms with Gasteiger partial charge in [0.15, 0.2) is 5.82 Å². The number of rotatable bonds is 9. The first-order chi connectivity index (χ1) is 16.5. The molecule has 0 aliphatic carbocycles. The summed E-state index contributed by atoms with van der Waals surface area (Å²) in [5.74, 6) is -0.918. The number of anilines is 2. The number of methoxy groups -OCH3 is 2.